The summed E-state index contributed by atoms with van der Waals surface area (Å²) in [6.07, 6.45) is -16.1. The zero-order valence-electron chi connectivity index (χ0n) is 11.8. The van der Waals surface area contributed by atoms with Crippen molar-refractivity contribution in [3.8, 4) is 11.6 Å². The Morgan fingerprint density at radius 1 is 1.00 bits per heavy atom. The van der Waals surface area contributed by atoms with Crippen molar-refractivity contribution in [1.29, 1.82) is 0 Å². The Labute approximate surface area is 136 Å². The number of rotatable bonds is 2. The molecule has 2 aromatic rings. The van der Waals surface area contributed by atoms with E-state index in [9.17, 15) is 49.4 Å². The number of hydrogen-bond donors (Lipinski definition) is 0. The maximum Gasteiger partial charge on any atom is 0.454 e. The predicted molar refractivity (Wildman–Crippen MR) is 61.2 cm³/mol. The molecular weight excluding hydrogens is 389 g/mol. The van der Waals surface area contributed by atoms with E-state index in [0.717, 1.165) is 0 Å². The Hall–Kier alpha value is -2.80. The standard InChI is InChI=1S/C12H4F9N3O2/c13-10(14,15)5-3-4(1-2-22-5)24-9(26)6(8(25)12(19,20)21)7(23-24)11(16,17)18/h1-3,26H/p-1. The van der Waals surface area contributed by atoms with Crippen LogP contribution in [0.15, 0.2) is 18.3 Å². The molecule has 0 fully saturated rings. The fraction of sp³-hybridized carbons (Fsp3) is 0.250. The molecule has 0 N–H and O–H groups in total. The smallest absolute Gasteiger partial charge is 0.454 e. The number of alkyl halides is 9. The minimum atomic E-state index is -5.83. The number of carbonyl (C=O) groups excluding carboxylic acids is 1. The third-order valence-corrected chi connectivity index (χ3v) is 2.87. The summed E-state index contributed by atoms with van der Waals surface area (Å²) in [6.45, 7) is 0. The first-order valence-electron chi connectivity index (χ1n) is 6.16. The molecule has 0 aliphatic rings. The third-order valence-electron chi connectivity index (χ3n) is 2.87. The van der Waals surface area contributed by atoms with E-state index < -0.39 is 52.8 Å². The molecule has 26 heavy (non-hydrogen) atoms. The maximum absolute atomic E-state index is 12.8. The second-order valence-electron chi connectivity index (χ2n) is 4.66. The highest BCUT2D eigenvalue weighted by molar-refractivity contribution is 6.03. The molecule has 5 nitrogen and oxygen atoms in total. The topological polar surface area (TPSA) is 70.8 Å². The Bertz CT molecular complexity index is 849. The molecule has 0 aliphatic carbocycles. The van der Waals surface area contributed by atoms with Gasteiger partial charge in [-0.05, 0) is 12.1 Å². The van der Waals surface area contributed by atoms with Gasteiger partial charge in [0, 0.05) is 12.1 Å². The van der Waals surface area contributed by atoms with Crippen molar-refractivity contribution < 1.29 is 49.4 Å². The number of carbonyl (C=O) groups is 1. The molecule has 0 radical (unpaired) electrons. The first-order chi connectivity index (χ1) is 11.6. The van der Waals surface area contributed by atoms with E-state index in [1.165, 1.54) is 0 Å². The molecule has 0 aliphatic heterocycles. The Balaban J connectivity index is 2.74. The highest BCUT2D eigenvalue weighted by atomic mass is 19.4. The summed E-state index contributed by atoms with van der Waals surface area (Å²) in [5.41, 5.74) is -7.39. The molecule has 142 valence electrons. The third kappa shape index (κ3) is 3.57. The summed E-state index contributed by atoms with van der Waals surface area (Å²) in [5, 5.41) is 14.4. The highest BCUT2D eigenvalue weighted by Crippen LogP contribution is 2.38. The van der Waals surface area contributed by atoms with E-state index in [4.69, 9.17) is 0 Å². The van der Waals surface area contributed by atoms with Gasteiger partial charge in [0.1, 0.15) is 5.69 Å². The van der Waals surface area contributed by atoms with Crippen LogP contribution in [0, 0.1) is 0 Å². The second kappa shape index (κ2) is 5.88. The SMILES string of the molecule is O=C(c1c(C(F)(F)F)nn(-c2ccnc(C(F)(F)F)c2)c1[O-])C(F)(F)F. The number of nitrogens with zero attached hydrogens (tertiary/aromatic N) is 3. The van der Waals surface area contributed by atoms with Crippen LogP contribution < -0.4 is 5.11 Å². The van der Waals surface area contributed by atoms with Crippen molar-refractivity contribution in [3.05, 3.63) is 35.3 Å². The van der Waals surface area contributed by atoms with Gasteiger partial charge in [-0.1, -0.05) is 0 Å². The summed E-state index contributed by atoms with van der Waals surface area (Å²) < 4.78 is 113. The van der Waals surface area contributed by atoms with Crippen molar-refractivity contribution in [2.24, 2.45) is 0 Å². The number of halogens is 9. The molecule has 2 aromatic heterocycles. The molecule has 2 rings (SSSR count). The van der Waals surface area contributed by atoms with Crippen LogP contribution in [0.4, 0.5) is 39.5 Å². The van der Waals surface area contributed by atoms with Gasteiger partial charge in [0.15, 0.2) is 5.69 Å². The van der Waals surface area contributed by atoms with E-state index in [-0.39, 0.29) is 10.7 Å². The molecule has 14 heteroatoms. The number of aromatic nitrogens is 3. The van der Waals surface area contributed by atoms with Gasteiger partial charge in [-0.15, -0.1) is 0 Å². The fourth-order valence-electron chi connectivity index (χ4n) is 1.83. The van der Waals surface area contributed by atoms with Crippen LogP contribution in [0.25, 0.3) is 5.69 Å². The number of hydrogen-bond acceptors (Lipinski definition) is 4. The van der Waals surface area contributed by atoms with Crippen LogP contribution in [0.2, 0.25) is 0 Å². The van der Waals surface area contributed by atoms with Gasteiger partial charge in [-0.2, -0.15) is 44.6 Å². The first-order valence-corrected chi connectivity index (χ1v) is 6.16. The molecule has 2 heterocycles. The second-order valence-corrected chi connectivity index (χ2v) is 4.66. The fourth-order valence-corrected chi connectivity index (χ4v) is 1.83. The maximum atomic E-state index is 12.8. The lowest BCUT2D eigenvalue weighted by atomic mass is 10.1. The largest absolute Gasteiger partial charge is 0.858 e. The van der Waals surface area contributed by atoms with Gasteiger partial charge in [-0.3, -0.25) is 9.78 Å². The van der Waals surface area contributed by atoms with Gasteiger partial charge >= 0.3 is 18.5 Å². The summed E-state index contributed by atoms with van der Waals surface area (Å²) in [7, 11) is 0. The monoisotopic (exact) mass is 392 g/mol. The zero-order valence-corrected chi connectivity index (χ0v) is 11.8. The van der Waals surface area contributed by atoms with Gasteiger partial charge in [0.05, 0.1) is 11.3 Å². The van der Waals surface area contributed by atoms with Crippen molar-refractivity contribution in [3.63, 3.8) is 0 Å². The van der Waals surface area contributed by atoms with Gasteiger partial charge in [0.25, 0.3) is 5.78 Å². The van der Waals surface area contributed by atoms with E-state index in [1.807, 2.05) is 0 Å². The Morgan fingerprint density at radius 2 is 1.58 bits per heavy atom. The van der Waals surface area contributed by atoms with Gasteiger partial charge in [0.2, 0.25) is 0 Å². The van der Waals surface area contributed by atoms with Crippen LogP contribution in [-0.4, -0.2) is 26.7 Å². The molecule has 0 amide bonds. The lowest BCUT2D eigenvalue weighted by Crippen LogP contribution is -2.26. The van der Waals surface area contributed by atoms with Crippen LogP contribution in [0.5, 0.6) is 5.88 Å². The average molecular weight is 392 g/mol. The first kappa shape index (κ1) is 19.5. The van der Waals surface area contributed by atoms with Crippen LogP contribution in [0.3, 0.4) is 0 Å². The van der Waals surface area contributed by atoms with Crippen molar-refractivity contribution in [2.45, 2.75) is 18.5 Å². The number of ketones is 1. The predicted octanol–water partition coefficient (Wildman–Crippen LogP) is 3.12. The summed E-state index contributed by atoms with van der Waals surface area (Å²) in [4.78, 5) is 14.0. The van der Waals surface area contributed by atoms with E-state index in [0.29, 0.717) is 12.3 Å². The minimum absolute atomic E-state index is 0.0936. The number of Topliss-reactive ketones (excluding diaryl/α,β-unsaturated/α-hetero) is 1. The summed E-state index contributed by atoms with van der Waals surface area (Å²) in [5.74, 6) is -5.29. The lowest BCUT2D eigenvalue weighted by Gasteiger charge is -2.14. The molecule has 0 saturated carbocycles. The van der Waals surface area contributed by atoms with E-state index >= 15 is 0 Å². The quantitative estimate of drug-likeness (QED) is 0.582. The minimum Gasteiger partial charge on any atom is -0.858 e. The molecule has 0 atom stereocenters. The van der Waals surface area contributed by atoms with Gasteiger partial charge < -0.3 is 5.11 Å². The van der Waals surface area contributed by atoms with Crippen LogP contribution in [-0.2, 0) is 12.4 Å². The Kier molecular flexibility index (Phi) is 4.41. The average Bonchev–Trinajstić information content (AvgIpc) is 2.82. The normalized spacial score (nSPS) is 13.1. The highest BCUT2D eigenvalue weighted by Gasteiger charge is 2.48. The zero-order chi connectivity index (χ0) is 20.1. The summed E-state index contributed by atoms with van der Waals surface area (Å²) >= 11 is 0. The van der Waals surface area contributed by atoms with Crippen molar-refractivity contribution >= 4 is 5.78 Å². The number of pyridine rings is 1. The van der Waals surface area contributed by atoms with Gasteiger partial charge in [-0.25, -0.2) is 4.68 Å². The van der Waals surface area contributed by atoms with Crippen molar-refractivity contribution in [2.75, 3.05) is 0 Å². The summed E-state index contributed by atoms with van der Waals surface area (Å²) in [6, 6.07) is 0.696. The molecule has 0 saturated heterocycles. The lowest BCUT2D eigenvalue weighted by molar-refractivity contribution is -0.278. The van der Waals surface area contributed by atoms with Crippen molar-refractivity contribution in [1.82, 2.24) is 14.8 Å². The van der Waals surface area contributed by atoms with Crippen LogP contribution in [0.1, 0.15) is 21.7 Å². The van der Waals surface area contributed by atoms with Crippen LogP contribution >= 0.6 is 0 Å². The molecule has 0 spiro atoms. The Morgan fingerprint density at radius 3 is 2.04 bits per heavy atom. The van der Waals surface area contributed by atoms with E-state index in [1.54, 1.807) is 0 Å². The van der Waals surface area contributed by atoms with E-state index in [2.05, 4.69) is 10.1 Å². The molecule has 0 aromatic carbocycles. The molecular formula is C12H3F9N3O2-. The molecule has 0 unspecified atom stereocenters. The molecule has 0 bridgehead atoms.